The molecule has 0 spiro atoms. The summed E-state index contributed by atoms with van der Waals surface area (Å²) in [5.41, 5.74) is 7.34. The van der Waals surface area contributed by atoms with Crippen molar-refractivity contribution in [1.29, 1.82) is 0 Å². The number of anilines is 1. The van der Waals surface area contributed by atoms with E-state index in [9.17, 15) is 4.39 Å². The summed E-state index contributed by atoms with van der Waals surface area (Å²) in [5, 5.41) is 0. The summed E-state index contributed by atoms with van der Waals surface area (Å²) in [6.07, 6.45) is 4.93. The van der Waals surface area contributed by atoms with Gasteiger partial charge >= 0.3 is 0 Å². The molecule has 0 heterocycles. The van der Waals surface area contributed by atoms with E-state index in [0.717, 1.165) is 12.2 Å². The van der Waals surface area contributed by atoms with E-state index in [4.69, 9.17) is 18.0 Å². The molecule has 18 heavy (non-hydrogen) atoms. The molecule has 0 aliphatic heterocycles. The van der Waals surface area contributed by atoms with E-state index in [1.165, 1.54) is 37.8 Å². The third kappa shape index (κ3) is 2.64. The molecule has 1 aliphatic rings. The minimum atomic E-state index is -0.288. The van der Waals surface area contributed by atoms with Crippen molar-refractivity contribution in [2.24, 2.45) is 5.73 Å². The Morgan fingerprint density at radius 1 is 1.44 bits per heavy atom. The number of hydrogen-bond donors (Lipinski definition) is 1. The molecule has 0 aromatic heterocycles. The molecule has 1 saturated carbocycles. The summed E-state index contributed by atoms with van der Waals surface area (Å²) in [5.74, 6) is -0.288. The molecular formula is C14H19FN2S. The fourth-order valence-corrected chi connectivity index (χ4v) is 2.96. The van der Waals surface area contributed by atoms with Crippen LogP contribution in [0, 0.1) is 5.82 Å². The molecule has 0 atom stereocenters. The highest BCUT2D eigenvalue weighted by Gasteiger charge is 2.24. The fraction of sp³-hybridized carbons (Fsp3) is 0.500. The Morgan fingerprint density at radius 2 is 2.11 bits per heavy atom. The molecule has 0 saturated heterocycles. The van der Waals surface area contributed by atoms with Gasteiger partial charge in [0.15, 0.2) is 0 Å². The van der Waals surface area contributed by atoms with Crippen LogP contribution < -0.4 is 10.6 Å². The normalized spacial score (nSPS) is 15.9. The van der Waals surface area contributed by atoms with Crippen molar-refractivity contribution >= 4 is 22.9 Å². The van der Waals surface area contributed by atoms with Crippen LogP contribution in [-0.4, -0.2) is 17.6 Å². The van der Waals surface area contributed by atoms with Crippen molar-refractivity contribution < 1.29 is 4.39 Å². The van der Waals surface area contributed by atoms with Gasteiger partial charge in [0.05, 0.1) is 0 Å². The monoisotopic (exact) mass is 266 g/mol. The van der Waals surface area contributed by atoms with Gasteiger partial charge in [0, 0.05) is 23.8 Å². The van der Waals surface area contributed by atoms with Crippen LogP contribution >= 0.6 is 12.2 Å². The number of nitrogens with two attached hydrogens (primary N) is 1. The average Bonchev–Trinajstić information content (AvgIpc) is 2.85. The Bertz CT molecular complexity index is 441. The second-order valence-electron chi connectivity index (χ2n) is 4.75. The van der Waals surface area contributed by atoms with Crippen molar-refractivity contribution in [2.45, 2.75) is 38.6 Å². The number of hydrogen-bond acceptors (Lipinski definition) is 2. The fourth-order valence-electron chi connectivity index (χ4n) is 2.80. The van der Waals surface area contributed by atoms with Crippen molar-refractivity contribution in [3.63, 3.8) is 0 Å². The number of halogens is 1. The van der Waals surface area contributed by atoms with Crippen LogP contribution in [-0.2, 0) is 0 Å². The van der Waals surface area contributed by atoms with E-state index in [1.807, 2.05) is 0 Å². The summed E-state index contributed by atoms with van der Waals surface area (Å²) in [7, 11) is 0. The standard InChI is InChI=1S/C14H19FN2S/c1-2-17(11-5-3-4-6-11)13-8-7-10(15)9-12(13)14(16)18/h7-9,11H,2-6H2,1H3,(H2,16,18). The lowest BCUT2D eigenvalue weighted by atomic mass is 10.1. The molecular weight excluding hydrogens is 247 g/mol. The van der Waals surface area contributed by atoms with Gasteiger partial charge in [0.25, 0.3) is 0 Å². The van der Waals surface area contributed by atoms with Crippen LogP contribution in [0.3, 0.4) is 0 Å². The highest BCUT2D eigenvalue weighted by molar-refractivity contribution is 7.80. The summed E-state index contributed by atoms with van der Waals surface area (Å²) < 4.78 is 13.3. The summed E-state index contributed by atoms with van der Waals surface area (Å²) >= 11 is 5.04. The van der Waals surface area contributed by atoms with Crippen molar-refractivity contribution in [3.8, 4) is 0 Å². The Balaban J connectivity index is 2.37. The van der Waals surface area contributed by atoms with Crippen LogP contribution in [0.1, 0.15) is 38.2 Å². The maximum absolute atomic E-state index is 13.3. The van der Waals surface area contributed by atoms with Gasteiger partial charge in [-0.05, 0) is 38.0 Å². The maximum atomic E-state index is 13.3. The van der Waals surface area contributed by atoms with Crippen LogP contribution in [0.2, 0.25) is 0 Å². The number of rotatable bonds is 4. The zero-order chi connectivity index (χ0) is 13.1. The van der Waals surface area contributed by atoms with Gasteiger partial charge in [0.1, 0.15) is 10.8 Å². The van der Waals surface area contributed by atoms with Crippen molar-refractivity contribution in [2.75, 3.05) is 11.4 Å². The predicted molar refractivity (Wildman–Crippen MR) is 77.6 cm³/mol. The topological polar surface area (TPSA) is 29.3 Å². The molecule has 2 nitrogen and oxygen atoms in total. The third-order valence-electron chi connectivity index (χ3n) is 3.64. The molecule has 1 aliphatic carbocycles. The SMILES string of the molecule is CCN(c1ccc(F)cc1C(N)=S)C1CCCC1. The molecule has 2 rings (SSSR count). The van der Waals surface area contributed by atoms with Crippen molar-refractivity contribution in [1.82, 2.24) is 0 Å². The van der Waals surface area contributed by atoms with E-state index in [1.54, 1.807) is 6.07 Å². The van der Waals surface area contributed by atoms with E-state index in [2.05, 4.69) is 11.8 Å². The number of thiocarbonyl (C=S) groups is 1. The first-order valence-corrected chi connectivity index (χ1v) is 6.90. The van der Waals surface area contributed by atoms with Gasteiger partial charge in [-0.2, -0.15) is 0 Å². The molecule has 0 radical (unpaired) electrons. The van der Waals surface area contributed by atoms with Gasteiger partial charge in [-0.3, -0.25) is 0 Å². The molecule has 1 aromatic rings. The van der Waals surface area contributed by atoms with E-state index in [0.29, 0.717) is 11.6 Å². The lowest BCUT2D eigenvalue weighted by molar-refractivity contribution is 0.612. The largest absolute Gasteiger partial charge is 0.389 e. The van der Waals surface area contributed by atoms with Crippen molar-refractivity contribution in [3.05, 3.63) is 29.6 Å². The van der Waals surface area contributed by atoms with Gasteiger partial charge in [-0.1, -0.05) is 25.1 Å². The highest BCUT2D eigenvalue weighted by atomic mass is 32.1. The third-order valence-corrected chi connectivity index (χ3v) is 3.86. The first-order valence-electron chi connectivity index (χ1n) is 6.49. The van der Waals surface area contributed by atoms with Crippen LogP contribution in [0.5, 0.6) is 0 Å². The summed E-state index contributed by atoms with van der Waals surface area (Å²) in [4.78, 5) is 2.57. The zero-order valence-corrected chi connectivity index (χ0v) is 11.5. The number of benzene rings is 1. The summed E-state index contributed by atoms with van der Waals surface area (Å²) in [6, 6.07) is 5.25. The molecule has 1 aromatic carbocycles. The zero-order valence-electron chi connectivity index (χ0n) is 10.7. The molecule has 0 unspecified atom stereocenters. The molecule has 4 heteroatoms. The molecule has 98 valence electrons. The second kappa shape index (κ2) is 5.65. The van der Waals surface area contributed by atoms with E-state index in [-0.39, 0.29) is 10.8 Å². The Morgan fingerprint density at radius 3 is 2.67 bits per heavy atom. The van der Waals surface area contributed by atoms with Crippen LogP contribution in [0.15, 0.2) is 18.2 Å². The molecule has 0 amide bonds. The first-order chi connectivity index (χ1) is 8.63. The second-order valence-corrected chi connectivity index (χ2v) is 5.19. The lowest BCUT2D eigenvalue weighted by Crippen LogP contribution is -2.34. The average molecular weight is 266 g/mol. The lowest BCUT2D eigenvalue weighted by Gasteiger charge is -2.31. The highest BCUT2D eigenvalue weighted by Crippen LogP contribution is 2.30. The van der Waals surface area contributed by atoms with Gasteiger partial charge in [-0.25, -0.2) is 4.39 Å². The summed E-state index contributed by atoms with van der Waals surface area (Å²) in [6.45, 7) is 3.01. The van der Waals surface area contributed by atoms with E-state index < -0.39 is 0 Å². The van der Waals surface area contributed by atoms with Crippen LogP contribution in [0.25, 0.3) is 0 Å². The molecule has 0 bridgehead atoms. The molecule has 2 N–H and O–H groups in total. The van der Waals surface area contributed by atoms with Crippen LogP contribution in [0.4, 0.5) is 10.1 Å². The maximum Gasteiger partial charge on any atom is 0.124 e. The predicted octanol–water partition coefficient (Wildman–Crippen LogP) is 3.23. The minimum Gasteiger partial charge on any atom is -0.389 e. The first kappa shape index (κ1) is 13.3. The molecule has 1 fully saturated rings. The quantitative estimate of drug-likeness (QED) is 0.848. The number of nitrogens with zero attached hydrogens (tertiary/aromatic N) is 1. The van der Waals surface area contributed by atoms with Gasteiger partial charge in [-0.15, -0.1) is 0 Å². The Hall–Kier alpha value is -1.16. The Labute approximate surface area is 113 Å². The smallest absolute Gasteiger partial charge is 0.124 e. The van der Waals surface area contributed by atoms with Gasteiger partial charge in [0.2, 0.25) is 0 Å². The van der Waals surface area contributed by atoms with E-state index >= 15 is 0 Å². The minimum absolute atomic E-state index is 0.265. The Kier molecular flexibility index (Phi) is 4.17. The van der Waals surface area contributed by atoms with Gasteiger partial charge < -0.3 is 10.6 Å².